The summed E-state index contributed by atoms with van der Waals surface area (Å²) in [5, 5.41) is 6.92. The van der Waals surface area contributed by atoms with Gasteiger partial charge in [0.05, 0.1) is 1.37 Å². The molecule has 30 valence electrons. The van der Waals surface area contributed by atoms with Crippen molar-refractivity contribution in [3.05, 3.63) is 24.5 Å². The van der Waals surface area contributed by atoms with Gasteiger partial charge in [0, 0.05) is 12.4 Å². The lowest BCUT2D eigenvalue weighted by Gasteiger charge is -1.69. The molecule has 0 atom stereocenters. The Morgan fingerprint density at radius 1 is 1.33 bits per heavy atom. The van der Waals surface area contributed by atoms with E-state index in [1.54, 1.807) is 6.07 Å². The number of hydrogen-bond acceptors (Lipinski definition) is 2. The zero-order chi connectivity index (χ0) is 5.11. The first-order valence-electron chi connectivity index (χ1n) is 2.13. The summed E-state index contributed by atoms with van der Waals surface area (Å²) in [4.78, 5) is 0. The highest BCUT2D eigenvalue weighted by Crippen LogP contribution is 1.68. The third-order valence-corrected chi connectivity index (χ3v) is 0.436. The molecule has 0 unspecified atom stereocenters. The van der Waals surface area contributed by atoms with Crippen molar-refractivity contribution in [2.45, 2.75) is 0 Å². The van der Waals surface area contributed by atoms with Gasteiger partial charge in [-0.2, -0.15) is 10.2 Å². The van der Waals surface area contributed by atoms with E-state index in [1.165, 1.54) is 12.4 Å². The molecule has 0 aliphatic heterocycles. The van der Waals surface area contributed by atoms with Gasteiger partial charge >= 0.3 is 0 Å². The minimum atomic E-state index is 0.398. The van der Waals surface area contributed by atoms with E-state index in [4.69, 9.17) is 1.37 Å². The molecule has 0 aliphatic carbocycles. The molecule has 1 heterocycles. The standard InChI is InChI=1S/C4H4N2/c1-2-4-6-5-3-1/h1-4H/i1D. The highest BCUT2D eigenvalue weighted by atomic mass is 15.1. The lowest BCUT2D eigenvalue weighted by Crippen LogP contribution is -1.69. The maximum Gasteiger partial charge on any atom is 0.0640 e. The molecule has 0 saturated carbocycles. The molecule has 2 heteroatoms. The molecule has 2 nitrogen and oxygen atoms in total. The summed E-state index contributed by atoms with van der Waals surface area (Å²) in [7, 11) is 0. The molecule has 1 aromatic rings. The van der Waals surface area contributed by atoms with E-state index in [1.807, 2.05) is 0 Å². The minimum Gasteiger partial charge on any atom is -0.159 e. The average Bonchev–Trinajstić information content (AvgIpc) is 1.69. The van der Waals surface area contributed by atoms with E-state index < -0.39 is 0 Å². The Labute approximate surface area is 37.2 Å². The zero-order valence-corrected chi connectivity index (χ0v) is 3.13. The van der Waals surface area contributed by atoms with Gasteiger partial charge in [-0.1, -0.05) is 0 Å². The van der Waals surface area contributed by atoms with Crippen molar-refractivity contribution < 1.29 is 1.37 Å². The molecule has 0 amide bonds. The molecular formula is C4H4N2. The Balaban J connectivity index is 3.02. The number of aromatic nitrogens is 2. The van der Waals surface area contributed by atoms with Gasteiger partial charge in [0.2, 0.25) is 0 Å². The van der Waals surface area contributed by atoms with Crippen LogP contribution < -0.4 is 0 Å². The molecule has 0 bridgehead atoms. The van der Waals surface area contributed by atoms with Gasteiger partial charge in [-0.05, 0) is 12.1 Å². The van der Waals surface area contributed by atoms with Gasteiger partial charge in [-0.3, -0.25) is 0 Å². The van der Waals surface area contributed by atoms with Gasteiger partial charge in [0.15, 0.2) is 0 Å². The van der Waals surface area contributed by atoms with Crippen molar-refractivity contribution in [1.82, 2.24) is 10.2 Å². The van der Waals surface area contributed by atoms with Crippen molar-refractivity contribution in [3.63, 3.8) is 0 Å². The first-order chi connectivity index (χ1) is 3.39. The molecule has 0 N–H and O–H groups in total. The molecule has 0 radical (unpaired) electrons. The molecule has 0 spiro atoms. The second-order valence-electron chi connectivity index (χ2n) is 0.842. The fourth-order valence-electron chi connectivity index (χ4n) is 0.225. The average molecular weight is 81.1 g/mol. The van der Waals surface area contributed by atoms with Crippen LogP contribution in [0.1, 0.15) is 1.37 Å². The minimum absolute atomic E-state index is 0.398. The monoisotopic (exact) mass is 81.0 g/mol. The number of nitrogens with zero attached hydrogens (tertiary/aromatic N) is 2. The molecule has 0 fully saturated rings. The quantitative estimate of drug-likeness (QED) is 0.454. The molecule has 6 heavy (non-hydrogen) atoms. The van der Waals surface area contributed by atoms with Crippen LogP contribution in [-0.2, 0) is 0 Å². The third kappa shape index (κ3) is 0.516. The van der Waals surface area contributed by atoms with Crippen molar-refractivity contribution in [1.29, 1.82) is 0 Å². The second kappa shape index (κ2) is 1.50. The first kappa shape index (κ1) is 2.29. The van der Waals surface area contributed by atoms with Crippen LogP contribution >= 0.6 is 0 Å². The van der Waals surface area contributed by atoms with Crippen molar-refractivity contribution in [2.75, 3.05) is 0 Å². The lowest BCUT2D eigenvalue weighted by molar-refractivity contribution is 1.03. The Morgan fingerprint density at radius 2 is 2.17 bits per heavy atom. The Morgan fingerprint density at radius 3 is 2.50 bits per heavy atom. The predicted molar refractivity (Wildman–Crippen MR) is 22.0 cm³/mol. The summed E-state index contributed by atoms with van der Waals surface area (Å²) in [6.45, 7) is 0. The Hall–Kier alpha value is -0.920. The number of rotatable bonds is 0. The largest absolute Gasteiger partial charge is 0.159 e. The van der Waals surface area contributed by atoms with Crippen LogP contribution in [0.5, 0.6) is 0 Å². The van der Waals surface area contributed by atoms with E-state index in [0.717, 1.165) is 0 Å². The van der Waals surface area contributed by atoms with E-state index in [-0.39, 0.29) is 0 Å². The second-order valence-corrected chi connectivity index (χ2v) is 0.842. The van der Waals surface area contributed by atoms with E-state index >= 15 is 0 Å². The van der Waals surface area contributed by atoms with E-state index in [9.17, 15) is 0 Å². The van der Waals surface area contributed by atoms with Gasteiger partial charge in [0.25, 0.3) is 0 Å². The van der Waals surface area contributed by atoms with Crippen LogP contribution in [0.15, 0.2) is 24.5 Å². The summed E-state index contributed by atoms with van der Waals surface area (Å²) in [5.41, 5.74) is 0. The zero-order valence-electron chi connectivity index (χ0n) is 4.13. The summed E-state index contributed by atoms with van der Waals surface area (Å²) >= 11 is 0. The number of hydrogen-bond donors (Lipinski definition) is 0. The van der Waals surface area contributed by atoms with Crippen LogP contribution in [-0.4, -0.2) is 10.2 Å². The van der Waals surface area contributed by atoms with Crippen LogP contribution in [0.25, 0.3) is 0 Å². The molecular weight excluding hydrogens is 76.1 g/mol. The van der Waals surface area contributed by atoms with E-state index in [2.05, 4.69) is 10.2 Å². The topological polar surface area (TPSA) is 25.8 Å². The molecule has 0 aromatic carbocycles. The van der Waals surface area contributed by atoms with E-state index in [0.29, 0.717) is 6.04 Å². The summed E-state index contributed by atoms with van der Waals surface area (Å²) < 4.78 is 6.89. The first-order valence-corrected chi connectivity index (χ1v) is 1.63. The predicted octanol–water partition coefficient (Wildman–Crippen LogP) is 0.477. The SMILES string of the molecule is [2H]c1ccnnc1. The lowest BCUT2D eigenvalue weighted by atomic mass is 10.6. The maximum absolute atomic E-state index is 6.89. The Kier molecular flexibility index (Phi) is 0.572. The molecule has 1 rings (SSSR count). The van der Waals surface area contributed by atoms with Crippen molar-refractivity contribution >= 4 is 0 Å². The van der Waals surface area contributed by atoms with Crippen molar-refractivity contribution in [3.8, 4) is 0 Å². The van der Waals surface area contributed by atoms with Gasteiger partial charge < -0.3 is 0 Å². The molecule has 0 saturated heterocycles. The van der Waals surface area contributed by atoms with Crippen LogP contribution in [0.2, 0.25) is 0 Å². The normalized spacial score (nSPS) is 10.3. The van der Waals surface area contributed by atoms with Gasteiger partial charge in [-0.15, -0.1) is 0 Å². The van der Waals surface area contributed by atoms with Crippen LogP contribution in [0.3, 0.4) is 0 Å². The van der Waals surface area contributed by atoms with Gasteiger partial charge in [0.1, 0.15) is 0 Å². The highest BCUT2D eigenvalue weighted by Gasteiger charge is 1.59. The van der Waals surface area contributed by atoms with Gasteiger partial charge in [-0.25, -0.2) is 0 Å². The third-order valence-electron chi connectivity index (χ3n) is 0.436. The van der Waals surface area contributed by atoms with Crippen molar-refractivity contribution in [2.24, 2.45) is 0 Å². The van der Waals surface area contributed by atoms with Crippen LogP contribution in [0.4, 0.5) is 0 Å². The molecule has 0 aliphatic rings. The fraction of sp³-hybridized carbons (Fsp3) is 0. The van der Waals surface area contributed by atoms with Crippen LogP contribution in [0, 0.1) is 0 Å². The molecule has 1 aromatic heterocycles. The summed E-state index contributed by atoms with van der Waals surface area (Å²) in [5.74, 6) is 0. The smallest absolute Gasteiger partial charge is 0.0640 e. The summed E-state index contributed by atoms with van der Waals surface area (Å²) in [6, 6.07) is 1.97. The summed E-state index contributed by atoms with van der Waals surface area (Å²) in [6.07, 6.45) is 2.88. The fourth-order valence-corrected chi connectivity index (χ4v) is 0.225. The maximum atomic E-state index is 6.89. The highest BCUT2D eigenvalue weighted by molar-refractivity contribution is 4.79. The Bertz CT molecular complexity index is 140.